The maximum Gasteiger partial charge on any atom is 0.249 e. The summed E-state index contributed by atoms with van der Waals surface area (Å²) >= 11 is 7.58. The smallest absolute Gasteiger partial charge is 0.249 e. The lowest BCUT2D eigenvalue weighted by atomic mass is 10.2. The molecule has 2 heterocycles. The van der Waals surface area contributed by atoms with E-state index in [-0.39, 0.29) is 24.2 Å². The predicted octanol–water partition coefficient (Wildman–Crippen LogP) is 3.76. The number of thioether (sulfide) groups is 1. The summed E-state index contributed by atoms with van der Waals surface area (Å²) in [5.41, 5.74) is 0.676. The van der Waals surface area contributed by atoms with Crippen LogP contribution in [0.5, 0.6) is 0 Å². The summed E-state index contributed by atoms with van der Waals surface area (Å²) in [6.45, 7) is 6.52. The Morgan fingerprint density at radius 3 is 2.87 bits per heavy atom. The number of carbonyl (C=O) groups is 1. The number of halogens is 1. The number of aromatic nitrogens is 5. The summed E-state index contributed by atoms with van der Waals surface area (Å²) in [6, 6.07) is 7.49. The van der Waals surface area contributed by atoms with Crippen LogP contribution >= 0.6 is 23.4 Å². The van der Waals surface area contributed by atoms with Crippen LogP contribution in [-0.4, -0.2) is 47.6 Å². The first-order valence-electron chi connectivity index (χ1n) is 9.57. The fourth-order valence-corrected chi connectivity index (χ4v) is 4.13. The van der Waals surface area contributed by atoms with Crippen molar-refractivity contribution in [2.45, 2.75) is 44.1 Å². The molecule has 1 amide bonds. The largest absolute Gasteiger partial charge is 0.419 e. The van der Waals surface area contributed by atoms with Crippen LogP contribution < -0.4 is 0 Å². The number of allylic oxidation sites excluding steroid dienone is 1. The molecule has 1 aromatic carbocycles. The fourth-order valence-electron chi connectivity index (χ4n) is 3.03. The molecule has 0 N–H and O–H groups in total. The third-order valence-corrected chi connectivity index (χ3v) is 6.00. The molecular weight excluding hydrogens is 424 g/mol. The molecule has 1 saturated carbocycles. The van der Waals surface area contributed by atoms with Crippen molar-refractivity contribution in [3.8, 4) is 11.5 Å². The van der Waals surface area contributed by atoms with Gasteiger partial charge in [-0.25, -0.2) is 0 Å². The molecule has 0 atom stereocenters. The Morgan fingerprint density at radius 1 is 1.33 bits per heavy atom. The Kier molecular flexibility index (Phi) is 6.19. The lowest BCUT2D eigenvalue weighted by Crippen LogP contribution is -2.34. The molecule has 0 spiro atoms. The van der Waals surface area contributed by atoms with Crippen molar-refractivity contribution in [3.05, 3.63) is 53.7 Å². The predicted molar refractivity (Wildman–Crippen MR) is 114 cm³/mol. The van der Waals surface area contributed by atoms with Crippen LogP contribution in [0.4, 0.5) is 0 Å². The van der Waals surface area contributed by atoms with Gasteiger partial charge in [-0.15, -0.1) is 27.0 Å². The second-order valence-electron chi connectivity index (χ2n) is 6.95. The molecule has 8 nitrogen and oxygen atoms in total. The van der Waals surface area contributed by atoms with Gasteiger partial charge >= 0.3 is 0 Å². The Bertz CT molecular complexity index is 1060. The van der Waals surface area contributed by atoms with Gasteiger partial charge in [0, 0.05) is 12.6 Å². The second-order valence-corrected chi connectivity index (χ2v) is 8.30. The van der Waals surface area contributed by atoms with E-state index < -0.39 is 0 Å². The third-order valence-electron chi connectivity index (χ3n) is 4.72. The first-order valence-corrected chi connectivity index (χ1v) is 10.9. The first-order chi connectivity index (χ1) is 14.6. The van der Waals surface area contributed by atoms with Crippen molar-refractivity contribution >= 4 is 29.3 Å². The van der Waals surface area contributed by atoms with Crippen molar-refractivity contribution in [3.63, 3.8) is 0 Å². The molecule has 1 fully saturated rings. The van der Waals surface area contributed by atoms with Crippen LogP contribution in [0.25, 0.3) is 11.5 Å². The maximum absolute atomic E-state index is 12.9. The number of hydrogen-bond donors (Lipinski definition) is 0. The van der Waals surface area contributed by atoms with Crippen LogP contribution in [-0.2, 0) is 17.9 Å². The Balaban J connectivity index is 1.43. The van der Waals surface area contributed by atoms with Gasteiger partial charge in [0.2, 0.25) is 17.7 Å². The van der Waals surface area contributed by atoms with Gasteiger partial charge in [-0.2, -0.15) is 0 Å². The summed E-state index contributed by atoms with van der Waals surface area (Å²) in [4.78, 5) is 14.7. The molecule has 0 saturated heterocycles. The molecule has 0 unspecified atom stereocenters. The summed E-state index contributed by atoms with van der Waals surface area (Å²) in [6.07, 6.45) is 3.74. The molecule has 4 rings (SSSR count). The van der Waals surface area contributed by atoms with Crippen molar-refractivity contribution in [1.82, 2.24) is 29.9 Å². The minimum absolute atomic E-state index is 0.00537. The quantitative estimate of drug-likeness (QED) is 0.366. The van der Waals surface area contributed by atoms with E-state index in [1.165, 1.54) is 11.8 Å². The van der Waals surface area contributed by atoms with Crippen LogP contribution in [0.1, 0.15) is 24.6 Å². The summed E-state index contributed by atoms with van der Waals surface area (Å²) in [5, 5.41) is 17.7. The Morgan fingerprint density at radius 2 is 2.13 bits per heavy atom. The van der Waals surface area contributed by atoms with E-state index in [2.05, 4.69) is 27.0 Å². The molecule has 156 valence electrons. The van der Waals surface area contributed by atoms with E-state index in [4.69, 9.17) is 16.0 Å². The van der Waals surface area contributed by atoms with Gasteiger partial charge in [0.05, 0.1) is 22.9 Å². The SMILES string of the molecule is C=CCn1c(C)nnc1SCC(=O)N(Cc1nnc(-c2ccccc2Cl)o1)C1CC1. The molecule has 3 aromatic rings. The zero-order valence-corrected chi connectivity index (χ0v) is 18.1. The van der Waals surface area contributed by atoms with Crippen LogP contribution in [0.2, 0.25) is 5.02 Å². The van der Waals surface area contributed by atoms with Crippen molar-refractivity contribution in [2.75, 3.05) is 5.75 Å². The normalized spacial score (nSPS) is 13.4. The standard InChI is InChI=1S/C20H21ClN6O2S/c1-3-10-26-13(2)22-25-20(26)30-12-18(28)27(14-8-9-14)11-17-23-24-19(29-17)15-6-4-5-7-16(15)21/h3-7,14H,1,8-12H2,2H3. The van der Waals surface area contributed by atoms with Gasteiger partial charge in [0.15, 0.2) is 5.16 Å². The average Bonchev–Trinajstić information content (AvgIpc) is 3.38. The highest BCUT2D eigenvalue weighted by atomic mass is 35.5. The molecule has 30 heavy (non-hydrogen) atoms. The van der Waals surface area contributed by atoms with E-state index in [0.29, 0.717) is 34.1 Å². The fraction of sp³-hybridized carbons (Fsp3) is 0.350. The van der Waals surface area contributed by atoms with Gasteiger partial charge < -0.3 is 13.9 Å². The number of rotatable bonds is 9. The highest BCUT2D eigenvalue weighted by molar-refractivity contribution is 7.99. The molecule has 1 aliphatic rings. The molecule has 10 heteroatoms. The van der Waals surface area contributed by atoms with Crippen molar-refractivity contribution < 1.29 is 9.21 Å². The monoisotopic (exact) mass is 444 g/mol. The molecule has 1 aliphatic carbocycles. The van der Waals surface area contributed by atoms with Gasteiger partial charge in [0.1, 0.15) is 5.82 Å². The first kappa shape index (κ1) is 20.6. The zero-order chi connectivity index (χ0) is 21.1. The number of hydrogen-bond acceptors (Lipinski definition) is 7. The molecule has 0 radical (unpaired) electrons. The van der Waals surface area contributed by atoms with Gasteiger partial charge in [-0.05, 0) is 31.9 Å². The number of nitrogens with zero attached hydrogens (tertiary/aromatic N) is 6. The van der Waals surface area contributed by atoms with E-state index in [1.54, 1.807) is 17.0 Å². The lowest BCUT2D eigenvalue weighted by Gasteiger charge is -2.20. The number of carbonyl (C=O) groups excluding carboxylic acids is 1. The van der Waals surface area contributed by atoms with Crippen LogP contribution in [0, 0.1) is 6.92 Å². The van der Waals surface area contributed by atoms with Gasteiger partial charge in [-0.1, -0.05) is 41.6 Å². The molecule has 0 bridgehead atoms. The number of aryl methyl sites for hydroxylation is 1. The van der Waals surface area contributed by atoms with E-state index in [9.17, 15) is 4.79 Å². The van der Waals surface area contributed by atoms with E-state index in [1.807, 2.05) is 29.7 Å². The summed E-state index contributed by atoms with van der Waals surface area (Å²) < 4.78 is 7.71. The van der Waals surface area contributed by atoms with Crippen LogP contribution in [0.15, 0.2) is 46.5 Å². The van der Waals surface area contributed by atoms with Gasteiger partial charge in [-0.3, -0.25) is 4.79 Å². The second kappa shape index (κ2) is 9.01. The topological polar surface area (TPSA) is 89.9 Å². The highest BCUT2D eigenvalue weighted by Crippen LogP contribution is 2.31. The highest BCUT2D eigenvalue weighted by Gasteiger charge is 2.34. The molecule has 2 aromatic heterocycles. The number of benzene rings is 1. The maximum atomic E-state index is 12.9. The minimum atomic E-state index is 0.00537. The van der Waals surface area contributed by atoms with Gasteiger partial charge in [0.25, 0.3) is 0 Å². The Labute approximate surface area is 183 Å². The van der Waals surface area contributed by atoms with E-state index in [0.717, 1.165) is 18.7 Å². The Hall–Kier alpha value is -2.65. The van der Waals surface area contributed by atoms with Crippen molar-refractivity contribution in [2.24, 2.45) is 0 Å². The summed E-state index contributed by atoms with van der Waals surface area (Å²) in [5.74, 6) is 1.80. The van der Waals surface area contributed by atoms with Crippen molar-refractivity contribution in [1.29, 1.82) is 0 Å². The number of amides is 1. The zero-order valence-electron chi connectivity index (χ0n) is 16.5. The summed E-state index contributed by atoms with van der Waals surface area (Å²) in [7, 11) is 0. The minimum Gasteiger partial charge on any atom is -0.419 e. The average molecular weight is 445 g/mol. The molecular formula is C20H21ClN6O2S. The van der Waals surface area contributed by atoms with Crippen LogP contribution in [0.3, 0.4) is 0 Å². The molecule has 0 aliphatic heterocycles. The van der Waals surface area contributed by atoms with E-state index >= 15 is 0 Å². The third kappa shape index (κ3) is 4.57. The lowest BCUT2D eigenvalue weighted by molar-refractivity contribution is -0.129.